The summed E-state index contributed by atoms with van der Waals surface area (Å²) in [6, 6.07) is 5.30. The van der Waals surface area contributed by atoms with E-state index in [0.29, 0.717) is 40.3 Å². The lowest BCUT2D eigenvalue weighted by molar-refractivity contribution is -0.125. The highest BCUT2D eigenvalue weighted by molar-refractivity contribution is 6.64. The standard InChI is InChI=1S/C22H29FN4O3.C14H17FN4O2.C8H13ClO.C7H11ClO/c1-24-21(29)16-11-18-19(12-17(16)23)27(22(30)25-18)15-7-9-26(10-8-15)13-20(28)14-5-3-2-4-6-14;1-16-13(20)9-6-11-12(7-10(9)15)19(14(21)18-11)8-2-4-17-5-3-8;9-6-8(10)7-4-2-1-3-5-7;8-7(9)6-4-2-1-3-5-6/h11-12,14-15H,2-10,13H2,1H3,(H,24,29)(H,25,30);6-8,17H,2-5H2,1H3,(H,16,20)(H,18,21);7H,1-6H2;6H,1-5H2. The first-order chi connectivity index (χ1) is 33.7. The van der Waals surface area contributed by atoms with E-state index >= 15 is 0 Å². The molecule has 2 amide bonds. The summed E-state index contributed by atoms with van der Waals surface area (Å²) < 4.78 is 31.8. The van der Waals surface area contributed by atoms with Gasteiger partial charge in [0.25, 0.3) is 11.8 Å². The zero-order chi connectivity index (χ0) is 50.3. The second kappa shape index (κ2) is 26.7. The number of piperidine rings is 2. The molecule has 4 heterocycles. The molecule has 2 aliphatic heterocycles. The predicted molar refractivity (Wildman–Crippen MR) is 269 cm³/mol. The number of Topliss-reactive ketones (excluding diaryl/α,β-unsaturated/α-hetero) is 2. The van der Waals surface area contributed by atoms with E-state index in [9.17, 15) is 42.3 Å². The molecule has 70 heavy (non-hydrogen) atoms. The van der Waals surface area contributed by atoms with Crippen molar-refractivity contribution in [1.82, 2.24) is 40.0 Å². The van der Waals surface area contributed by atoms with Gasteiger partial charge in [0.15, 0.2) is 5.78 Å². The Morgan fingerprint density at radius 3 is 1.37 bits per heavy atom. The van der Waals surface area contributed by atoms with E-state index in [4.69, 9.17) is 23.2 Å². The molecule has 5 fully saturated rings. The molecule has 0 atom stereocenters. The molecule has 0 unspecified atom stereocenters. The van der Waals surface area contributed by atoms with Crippen LogP contribution in [0.2, 0.25) is 0 Å². The van der Waals surface area contributed by atoms with Crippen LogP contribution in [0.15, 0.2) is 33.9 Å². The molecule has 5 aliphatic rings. The lowest BCUT2D eigenvalue weighted by atomic mass is 9.86. The number of carbonyl (C=O) groups excluding carboxylic acids is 5. The van der Waals surface area contributed by atoms with E-state index < -0.39 is 23.4 Å². The number of fused-ring (bicyclic) bond motifs is 2. The number of amides is 2. The first-order valence-corrected chi connectivity index (χ1v) is 26.2. The van der Waals surface area contributed by atoms with Crippen LogP contribution in [0.25, 0.3) is 22.1 Å². The average Bonchev–Trinajstić information content (AvgIpc) is 3.89. The van der Waals surface area contributed by atoms with Gasteiger partial charge in [-0.25, -0.2) is 18.4 Å². The zero-order valence-electron chi connectivity index (χ0n) is 40.6. The second-order valence-corrected chi connectivity index (χ2v) is 20.0. The first-order valence-electron chi connectivity index (χ1n) is 25.3. The fourth-order valence-corrected chi connectivity index (χ4v) is 11.1. The summed E-state index contributed by atoms with van der Waals surface area (Å²) in [4.78, 5) is 90.0. The molecule has 384 valence electrons. The van der Waals surface area contributed by atoms with Crippen LogP contribution in [0.3, 0.4) is 0 Å². The van der Waals surface area contributed by atoms with E-state index in [1.807, 2.05) is 0 Å². The maximum atomic E-state index is 14.5. The number of imidazole rings is 2. The van der Waals surface area contributed by atoms with Gasteiger partial charge in [-0.1, -0.05) is 57.8 Å². The number of benzene rings is 2. The molecule has 0 bridgehead atoms. The number of rotatable bonds is 10. The maximum Gasteiger partial charge on any atom is 0.326 e. The fraction of sp³-hybridized carbons (Fsp3) is 0.627. The maximum absolute atomic E-state index is 14.5. The lowest BCUT2D eigenvalue weighted by Gasteiger charge is -2.33. The van der Waals surface area contributed by atoms with Gasteiger partial charge in [-0.2, -0.15) is 0 Å². The van der Waals surface area contributed by atoms with E-state index in [-0.39, 0.29) is 63.3 Å². The van der Waals surface area contributed by atoms with Crippen LogP contribution in [-0.4, -0.2) is 105 Å². The van der Waals surface area contributed by atoms with Gasteiger partial charge in [-0.15, -0.1) is 11.6 Å². The van der Waals surface area contributed by atoms with Crippen molar-refractivity contribution < 1.29 is 32.8 Å². The minimum Gasteiger partial charge on any atom is -0.355 e. The van der Waals surface area contributed by atoms with Crippen molar-refractivity contribution >= 4 is 73.9 Å². The molecular formula is C51H70Cl2F2N8O7. The Hall–Kier alpha value is -4.71. The Morgan fingerprint density at radius 2 is 0.986 bits per heavy atom. The molecule has 4 aromatic rings. The summed E-state index contributed by atoms with van der Waals surface area (Å²) in [6.07, 6.45) is 20.2. The Kier molecular flexibility index (Phi) is 20.8. The van der Waals surface area contributed by atoms with Gasteiger partial charge in [-0.3, -0.25) is 38.0 Å². The number of likely N-dealkylation sites (tertiary alicyclic amines) is 1. The molecule has 3 aliphatic carbocycles. The number of ketones is 2. The van der Waals surface area contributed by atoms with Crippen LogP contribution in [0.5, 0.6) is 0 Å². The summed E-state index contributed by atoms with van der Waals surface area (Å²) in [5.41, 5.74) is 1.21. The topological polar surface area (TPSA) is 200 Å². The Balaban J connectivity index is 0.000000172. The number of aromatic amines is 2. The van der Waals surface area contributed by atoms with E-state index in [0.717, 1.165) is 103 Å². The lowest BCUT2D eigenvalue weighted by Crippen LogP contribution is -2.41. The quantitative estimate of drug-likeness (QED) is 0.0770. The normalized spacial score (nSPS) is 18.9. The van der Waals surface area contributed by atoms with Gasteiger partial charge < -0.3 is 25.9 Å². The highest BCUT2D eigenvalue weighted by Crippen LogP contribution is 2.30. The van der Waals surface area contributed by atoms with Gasteiger partial charge in [0, 0.05) is 69.2 Å². The molecular weight excluding hydrogens is 946 g/mol. The van der Waals surface area contributed by atoms with Crippen molar-refractivity contribution in [3.05, 3.63) is 68.0 Å². The van der Waals surface area contributed by atoms with Gasteiger partial charge in [0.2, 0.25) is 5.24 Å². The molecule has 2 aromatic heterocycles. The van der Waals surface area contributed by atoms with Crippen LogP contribution in [-0.2, 0) is 14.4 Å². The molecule has 3 saturated carbocycles. The monoisotopic (exact) mass is 1010 g/mol. The number of alkyl halides is 1. The number of hydrogen-bond acceptors (Lipinski definition) is 9. The summed E-state index contributed by atoms with van der Waals surface area (Å²) in [7, 11) is 2.88. The summed E-state index contributed by atoms with van der Waals surface area (Å²) in [5, 5.41) is 7.90. The molecule has 9 rings (SSSR count). The van der Waals surface area contributed by atoms with Crippen LogP contribution in [0.4, 0.5) is 8.78 Å². The number of halogens is 4. The molecule has 2 saturated heterocycles. The third kappa shape index (κ3) is 14.2. The van der Waals surface area contributed by atoms with Crippen LogP contribution in [0.1, 0.15) is 155 Å². The number of nitrogens with zero attached hydrogens (tertiary/aromatic N) is 3. The highest BCUT2D eigenvalue weighted by Gasteiger charge is 2.29. The summed E-state index contributed by atoms with van der Waals surface area (Å²) in [5.74, 6) is -0.804. The molecule has 0 radical (unpaired) electrons. The number of nitrogens with one attached hydrogen (secondary N) is 5. The SMILES string of the molecule is CNC(=O)c1cc2[nH]c(=O)n(C3CCN(CC(=O)C4CCCCC4)CC3)c2cc1F.CNC(=O)c1cc2[nH]c(=O)n(C3CCNCC3)c2cc1F.O=C(CCl)C1CCCCC1.O=C(Cl)C1CCCCC1. The van der Waals surface area contributed by atoms with Crippen LogP contribution >= 0.6 is 23.2 Å². The molecule has 2 aromatic carbocycles. The Bertz CT molecular complexity index is 2540. The van der Waals surface area contributed by atoms with Crippen molar-refractivity contribution in [3.8, 4) is 0 Å². The predicted octanol–water partition coefficient (Wildman–Crippen LogP) is 8.07. The molecule has 5 N–H and O–H groups in total. The molecule has 19 heteroatoms. The average molecular weight is 1020 g/mol. The van der Waals surface area contributed by atoms with Crippen molar-refractivity contribution in [2.24, 2.45) is 17.8 Å². The van der Waals surface area contributed by atoms with Gasteiger partial charge >= 0.3 is 11.4 Å². The van der Waals surface area contributed by atoms with E-state index in [1.165, 1.54) is 83.3 Å². The minimum absolute atomic E-state index is 0.0535. The number of carbonyl (C=O) groups is 5. The summed E-state index contributed by atoms with van der Waals surface area (Å²) >= 11 is 10.8. The van der Waals surface area contributed by atoms with Crippen molar-refractivity contribution in [2.75, 3.05) is 52.7 Å². The summed E-state index contributed by atoms with van der Waals surface area (Å²) in [6.45, 7) is 3.64. The first kappa shape index (κ1) is 54.6. The van der Waals surface area contributed by atoms with Crippen molar-refractivity contribution in [2.45, 2.75) is 134 Å². The smallest absolute Gasteiger partial charge is 0.326 e. The van der Waals surface area contributed by atoms with E-state index in [1.54, 1.807) is 9.13 Å². The van der Waals surface area contributed by atoms with Crippen molar-refractivity contribution in [1.29, 1.82) is 0 Å². The van der Waals surface area contributed by atoms with Crippen molar-refractivity contribution in [3.63, 3.8) is 0 Å². The van der Waals surface area contributed by atoms with Gasteiger partial charge in [-0.05, 0) is 101 Å². The highest BCUT2D eigenvalue weighted by atomic mass is 35.5. The number of aromatic nitrogens is 4. The van der Waals surface area contributed by atoms with Gasteiger partial charge in [0.05, 0.1) is 45.6 Å². The zero-order valence-corrected chi connectivity index (χ0v) is 42.1. The largest absolute Gasteiger partial charge is 0.355 e. The van der Waals surface area contributed by atoms with Crippen LogP contribution < -0.4 is 27.3 Å². The molecule has 15 nitrogen and oxygen atoms in total. The van der Waals surface area contributed by atoms with E-state index in [2.05, 4.69) is 30.8 Å². The van der Waals surface area contributed by atoms with Gasteiger partial charge in [0.1, 0.15) is 17.4 Å². The third-order valence-corrected chi connectivity index (χ3v) is 15.3. The number of hydrogen-bond donors (Lipinski definition) is 5. The fourth-order valence-electron chi connectivity index (χ4n) is 10.7. The second-order valence-electron chi connectivity index (χ2n) is 19.3. The Morgan fingerprint density at radius 1 is 0.586 bits per heavy atom. The van der Waals surface area contributed by atoms with Crippen LogP contribution in [0, 0.1) is 29.4 Å². The Labute approximate surface area is 417 Å². The minimum atomic E-state index is -0.648. The molecule has 0 spiro atoms. The third-order valence-electron chi connectivity index (χ3n) is 14.7. The number of H-pyrrole nitrogens is 2.